The van der Waals surface area contributed by atoms with Crippen LogP contribution in [0.25, 0.3) is 0 Å². The molecule has 2 aromatic rings. The Morgan fingerprint density at radius 3 is 2.44 bits per heavy atom. The first-order valence-electron chi connectivity index (χ1n) is 5.01. The third-order valence-electron chi connectivity index (χ3n) is 2.32. The molecule has 0 saturated heterocycles. The normalized spacial score (nSPS) is 10.5. The van der Waals surface area contributed by atoms with Gasteiger partial charge in [0, 0.05) is 16.7 Å². The lowest BCUT2D eigenvalue weighted by molar-refractivity contribution is 0.581. The van der Waals surface area contributed by atoms with Crippen molar-refractivity contribution in [3.05, 3.63) is 50.5 Å². The van der Waals surface area contributed by atoms with E-state index >= 15 is 0 Å². The molecule has 0 fully saturated rings. The van der Waals surface area contributed by atoms with Gasteiger partial charge in [-0.25, -0.2) is 13.8 Å². The van der Waals surface area contributed by atoms with Crippen LogP contribution in [0.4, 0.5) is 20.3 Å². The van der Waals surface area contributed by atoms with Gasteiger partial charge in [-0.05, 0) is 56.5 Å². The number of anilines is 2. The van der Waals surface area contributed by atoms with Crippen LogP contribution < -0.4 is 5.32 Å². The molecule has 2 rings (SSSR count). The van der Waals surface area contributed by atoms with E-state index in [4.69, 9.17) is 0 Å². The van der Waals surface area contributed by atoms with Crippen molar-refractivity contribution >= 4 is 43.4 Å². The van der Waals surface area contributed by atoms with Crippen LogP contribution in [-0.4, -0.2) is 4.98 Å². The maximum absolute atomic E-state index is 13.5. The lowest BCUT2D eigenvalue weighted by atomic mass is 10.2. The summed E-state index contributed by atoms with van der Waals surface area (Å²) in [5, 5.41) is 2.80. The fourth-order valence-electron chi connectivity index (χ4n) is 1.36. The second-order valence-corrected chi connectivity index (χ2v) is 5.40. The summed E-state index contributed by atoms with van der Waals surface area (Å²) in [5.74, 6) is -0.816. The minimum atomic E-state index is -0.668. The number of aromatic nitrogens is 1. The van der Waals surface area contributed by atoms with Crippen molar-refractivity contribution in [3.63, 3.8) is 0 Å². The Balaban J connectivity index is 2.34. The lowest BCUT2D eigenvalue weighted by Crippen LogP contribution is -1.98. The Morgan fingerprint density at radius 2 is 1.78 bits per heavy atom. The summed E-state index contributed by atoms with van der Waals surface area (Å²) in [6, 6.07) is 3.92. The van der Waals surface area contributed by atoms with E-state index in [0.717, 1.165) is 16.1 Å². The average molecular weight is 378 g/mol. The maximum atomic E-state index is 13.5. The van der Waals surface area contributed by atoms with E-state index in [1.54, 1.807) is 12.3 Å². The molecule has 0 unspecified atom stereocenters. The second kappa shape index (κ2) is 5.32. The molecule has 1 N–H and O–H groups in total. The highest BCUT2D eigenvalue weighted by Gasteiger charge is 2.09. The number of halogens is 4. The van der Waals surface area contributed by atoms with Crippen molar-refractivity contribution in [2.75, 3.05) is 5.32 Å². The largest absolute Gasteiger partial charge is 0.338 e. The smallest absolute Gasteiger partial charge is 0.149 e. The molecule has 18 heavy (non-hydrogen) atoms. The molecule has 0 bridgehead atoms. The Kier molecular flexibility index (Phi) is 3.97. The van der Waals surface area contributed by atoms with Gasteiger partial charge in [-0.2, -0.15) is 0 Å². The van der Waals surface area contributed by atoms with Gasteiger partial charge < -0.3 is 5.32 Å². The third-order valence-corrected chi connectivity index (χ3v) is 3.76. The van der Waals surface area contributed by atoms with Crippen LogP contribution in [0.15, 0.2) is 33.3 Å². The molecule has 1 aromatic heterocycles. The zero-order valence-electron chi connectivity index (χ0n) is 9.27. The number of nitrogens with zero attached hydrogens (tertiary/aromatic N) is 1. The number of pyridine rings is 1. The Labute approximate surface area is 120 Å². The van der Waals surface area contributed by atoms with Crippen LogP contribution in [0.1, 0.15) is 5.56 Å². The second-order valence-electron chi connectivity index (χ2n) is 3.69. The summed E-state index contributed by atoms with van der Waals surface area (Å²) >= 11 is 6.34. The van der Waals surface area contributed by atoms with Crippen molar-refractivity contribution in [2.45, 2.75) is 6.92 Å². The van der Waals surface area contributed by atoms with E-state index in [2.05, 4.69) is 42.2 Å². The third kappa shape index (κ3) is 2.87. The van der Waals surface area contributed by atoms with Gasteiger partial charge in [0.2, 0.25) is 0 Å². The van der Waals surface area contributed by atoms with Crippen LogP contribution in [0, 0.1) is 18.6 Å². The van der Waals surface area contributed by atoms with Gasteiger partial charge in [0.15, 0.2) is 0 Å². The van der Waals surface area contributed by atoms with Crippen LogP contribution in [0.5, 0.6) is 0 Å². The van der Waals surface area contributed by atoms with E-state index in [1.165, 1.54) is 6.07 Å². The number of nitrogens with one attached hydrogen (secondary N) is 1. The van der Waals surface area contributed by atoms with E-state index < -0.39 is 11.6 Å². The minimum absolute atomic E-state index is 0.164. The predicted octanol–water partition coefficient (Wildman–Crippen LogP) is 4.94. The Bertz CT molecular complexity index is 603. The van der Waals surface area contributed by atoms with Crippen molar-refractivity contribution < 1.29 is 8.78 Å². The van der Waals surface area contributed by atoms with Crippen LogP contribution in [0.2, 0.25) is 0 Å². The highest BCUT2D eigenvalue weighted by Crippen LogP contribution is 2.26. The molecule has 6 heteroatoms. The maximum Gasteiger partial charge on any atom is 0.149 e. The summed E-state index contributed by atoms with van der Waals surface area (Å²) in [6.45, 7) is 1.90. The zero-order chi connectivity index (χ0) is 13.3. The highest BCUT2D eigenvalue weighted by molar-refractivity contribution is 9.10. The molecule has 0 aliphatic heterocycles. The lowest BCUT2D eigenvalue weighted by Gasteiger charge is -2.09. The highest BCUT2D eigenvalue weighted by atomic mass is 79.9. The fraction of sp³-hybridized carbons (Fsp3) is 0.0833. The van der Waals surface area contributed by atoms with Crippen molar-refractivity contribution in [2.24, 2.45) is 0 Å². The van der Waals surface area contributed by atoms with Gasteiger partial charge in [-0.1, -0.05) is 0 Å². The standard InChI is InChI=1S/C12H8Br2F2N2/c1-6-2-12(17-5-8(6)14)18-11-3-7(13)9(15)4-10(11)16/h2-5H,1H3,(H,17,18). The summed E-state index contributed by atoms with van der Waals surface area (Å²) in [5.41, 5.74) is 1.13. The van der Waals surface area contributed by atoms with Gasteiger partial charge in [-0.15, -0.1) is 0 Å². The van der Waals surface area contributed by atoms with Gasteiger partial charge in [0.05, 0.1) is 10.2 Å². The first kappa shape index (κ1) is 13.4. The molecule has 0 amide bonds. The average Bonchev–Trinajstić information content (AvgIpc) is 2.31. The summed E-state index contributed by atoms with van der Waals surface area (Å²) < 4.78 is 27.7. The van der Waals surface area contributed by atoms with Gasteiger partial charge in [0.1, 0.15) is 17.5 Å². The summed E-state index contributed by atoms with van der Waals surface area (Å²) in [7, 11) is 0. The Morgan fingerprint density at radius 1 is 1.06 bits per heavy atom. The molecule has 0 saturated carbocycles. The SMILES string of the molecule is Cc1cc(Nc2cc(Br)c(F)cc2F)ncc1Br. The number of benzene rings is 1. The number of rotatable bonds is 2. The van der Waals surface area contributed by atoms with E-state index in [0.29, 0.717) is 5.82 Å². The number of hydrogen-bond acceptors (Lipinski definition) is 2. The number of aryl methyl sites for hydroxylation is 1. The van der Waals surface area contributed by atoms with Crippen LogP contribution in [-0.2, 0) is 0 Å². The molecule has 0 spiro atoms. The molecule has 94 valence electrons. The zero-order valence-corrected chi connectivity index (χ0v) is 12.4. The molecule has 0 aliphatic carbocycles. The molecular weight excluding hydrogens is 370 g/mol. The molecule has 0 aliphatic rings. The number of hydrogen-bond donors (Lipinski definition) is 1. The van der Waals surface area contributed by atoms with Gasteiger partial charge in [-0.3, -0.25) is 0 Å². The fourth-order valence-corrected chi connectivity index (χ4v) is 1.92. The molecule has 1 aromatic carbocycles. The summed E-state index contributed by atoms with van der Waals surface area (Å²) in [6.07, 6.45) is 1.62. The van der Waals surface area contributed by atoms with Gasteiger partial charge >= 0.3 is 0 Å². The van der Waals surface area contributed by atoms with Crippen LogP contribution in [0.3, 0.4) is 0 Å². The minimum Gasteiger partial charge on any atom is -0.338 e. The van der Waals surface area contributed by atoms with Crippen molar-refractivity contribution in [1.29, 1.82) is 0 Å². The topological polar surface area (TPSA) is 24.9 Å². The first-order valence-corrected chi connectivity index (χ1v) is 6.59. The Hall–Kier alpha value is -1.01. The quantitative estimate of drug-likeness (QED) is 0.750. The van der Waals surface area contributed by atoms with Crippen molar-refractivity contribution in [3.8, 4) is 0 Å². The van der Waals surface area contributed by atoms with Gasteiger partial charge in [0.25, 0.3) is 0 Å². The monoisotopic (exact) mass is 376 g/mol. The summed E-state index contributed by atoms with van der Waals surface area (Å²) in [4.78, 5) is 4.09. The molecule has 0 radical (unpaired) electrons. The molecule has 0 atom stereocenters. The molecule has 1 heterocycles. The predicted molar refractivity (Wildman–Crippen MR) is 74.0 cm³/mol. The molecule has 2 nitrogen and oxygen atoms in total. The first-order chi connectivity index (χ1) is 8.47. The van der Waals surface area contributed by atoms with E-state index in [-0.39, 0.29) is 10.2 Å². The van der Waals surface area contributed by atoms with E-state index in [1.807, 2.05) is 6.92 Å². The van der Waals surface area contributed by atoms with Crippen molar-refractivity contribution in [1.82, 2.24) is 4.98 Å². The van der Waals surface area contributed by atoms with E-state index in [9.17, 15) is 8.78 Å². The van der Waals surface area contributed by atoms with Crippen LogP contribution >= 0.6 is 31.9 Å². The molecular formula is C12H8Br2F2N2.